The summed E-state index contributed by atoms with van der Waals surface area (Å²) in [6.07, 6.45) is 2.88. The number of hydrogen-bond donors (Lipinski definition) is 2. The molecule has 114 valence electrons. The minimum Gasteiger partial charge on any atom is -0.348 e. The number of aromatic amines is 1. The molecule has 1 heterocycles. The first-order valence-corrected chi connectivity index (χ1v) is 7.74. The van der Waals surface area contributed by atoms with Gasteiger partial charge in [-0.1, -0.05) is 12.1 Å². The van der Waals surface area contributed by atoms with E-state index in [4.69, 9.17) is 0 Å². The van der Waals surface area contributed by atoms with Crippen molar-refractivity contribution in [3.05, 3.63) is 52.6 Å². The lowest BCUT2D eigenvalue weighted by atomic mass is 10.1. The Hall–Kier alpha value is -2.17. The summed E-state index contributed by atoms with van der Waals surface area (Å²) in [5.74, 6) is 0.979. The first-order valence-electron chi connectivity index (χ1n) is 7.74. The van der Waals surface area contributed by atoms with Crippen LogP contribution in [0.4, 0.5) is 4.39 Å². The number of carbonyl (C=O) groups excluding carboxylic acids is 1. The van der Waals surface area contributed by atoms with Crippen molar-refractivity contribution >= 4 is 5.91 Å². The fourth-order valence-electron chi connectivity index (χ4n) is 3.49. The Morgan fingerprint density at radius 3 is 3.00 bits per heavy atom. The Labute approximate surface area is 128 Å². The van der Waals surface area contributed by atoms with Crippen LogP contribution in [0.2, 0.25) is 0 Å². The van der Waals surface area contributed by atoms with Crippen molar-refractivity contribution in [1.82, 2.24) is 15.5 Å². The number of aromatic nitrogens is 2. The molecule has 5 heteroatoms. The molecule has 0 bridgehead atoms. The smallest absolute Gasteiger partial charge is 0.272 e. The molecule has 1 aromatic carbocycles. The highest BCUT2D eigenvalue weighted by atomic mass is 19.1. The molecule has 2 N–H and O–H groups in total. The first kappa shape index (κ1) is 13.5. The predicted molar refractivity (Wildman–Crippen MR) is 80.2 cm³/mol. The normalized spacial score (nSPS) is 22.8. The van der Waals surface area contributed by atoms with E-state index in [0.29, 0.717) is 18.0 Å². The van der Waals surface area contributed by atoms with E-state index < -0.39 is 0 Å². The molecule has 2 aromatic rings. The van der Waals surface area contributed by atoms with Gasteiger partial charge in [0.15, 0.2) is 5.69 Å². The van der Waals surface area contributed by atoms with Crippen LogP contribution in [0.25, 0.3) is 0 Å². The maximum atomic E-state index is 12.9. The van der Waals surface area contributed by atoms with E-state index >= 15 is 0 Å². The zero-order valence-corrected chi connectivity index (χ0v) is 12.4. The molecular weight excluding hydrogens is 281 g/mol. The first-order chi connectivity index (χ1) is 10.6. The van der Waals surface area contributed by atoms with Crippen LogP contribution in [0, 0.1) is 11.7 Å². The van der Waals surface area contributed by atoms with Gasteiger partial charge in [-0.05, 0) is 49.8 Å². The maximum Gasteiger partial charge on any atom is 0.272 e. The number of amides is 1. The summed E-state index contributed by atoms with van der Waals surface area (Å²) >= 11 is 0. The van der Waals surface area contributed by atoms with Crippen molar-refractivity contribution in [1.29, 1.82) is 0 Å². The highest BCUT2D eigenvalue weighted by Crippen LogP contribution is 2.55. The number of carbonyl (C=O) groups is 1. The van der Waals surface area contributed by atoms with Gasteiger partial charge in [-0.25, -0.2) is 4.39 Å². The van der Waals surface area contributed by atoms with E-state index in [-0.39, 0.29) is 17.8 Å². The summed E-state index contributed by atoms with van der Waals surface area (Å²) in [5.41, 5.74) is 3.82. The number of H-pyrrole nitrogens is 1. The third kappa shape index (κ3) is 2.30. The number of hydrogen-bond acceptors (Lipinski definition) is 2. The van der Waals surface area contributed by atoms with Crippen LogP contribution >= 0.6 is 0 Å². The van der Waals surface area contributed by atoms with Gasteiger partial charge in [0.25, 0.3) is 5.91 Å². The molecule has 4 rings (SSSR count). The number of fused-ring (bicyclic) bond motifs is 3. The maximum absolute atomic E-state index is 12.9. The fourth-order valence-corrected chi connectivity index (χ4v) is 3.49. The summed E-state index contributed by atoms with van der Waals surface area (Å²) in [6.45, 7) is 1.95. The topological polar surface area (TPSA) is 57.8 Å². The van der Waals surface area contributed by atoms with Crippen molar-refractivity contribution in [2.24, 2.45) is 5.92 Å². The van der Waals surface area contributed by atoms with Gasteiger partial charge in [-0.2, -0.15) is 5.10 Å². The molecule has 1 amide bonds. The van der Waals surface area contributed by atoms with Crippen LogP contribution in [-0.4, -0.2) is 22.1 Å². The highest BCUT2D eigenvalue weighted by Gasteiger charge is 2.48. The van der Waals surface area contributed by atoms with Crippen molar-refractivity contribution in [2.45, 2.75) is 38.1 Å². The van der Waals surface area contributed by atoms with Crippen molar-refractivity contribution in [3.63, 3.8) is 0 Å². The molecular formula is C17H18FN3O. The molecule has 0 radical (unpaired) electrons. The summed E-state index contributed by atoms with van der Waals surface area (Å²) in [6, 6.07) is 6.35. The largest absolute Gasteiger partial charge is 0.348 e. The summed E-state index contributed by atoms with van der Waals surface area (Å²) in [5, 5.41) is 10.2. The van der Waals surface area contributed by atoms with Gasteiger partial charge in [-0.15, -0.1) is 0 Å². The zero-order valence-electron chi connectivity index (χ0n) is 12.4. The van der Waals surface area contributed by atoms with Crippen molar-refractivity contribution < 1.29 is 9.18 Å². The van der Waals surface area contributed by atoms with E-state index in [9.17, 15) is 9.18 Å². The number of benzene rings is 1. The molecule has 1 saturated carbocycles. The van der Waals surface area contributed by atoms with Gasteiger partial charge in [0, 0.05) is 23.2 Å². The molecule has 3 atom stereocenters. The number of halogens is 1. The molecule has 2 aliphatic carbocycles. The lowest BCUT2D eigenvalue weighted by Crippen LogP contribution is -2.34. The minimum absolute atomic E-state index is 0.0266. The lowest BCUT2D eigenvalue weighted by molar-refractivity contribution is 0.0934. The van der Waals surface area contributed by atoms with Crippen LogP contribution in [0.1, 0.15) is 46.6 Å². The van der Waals surface area contributed by atoms with Gasteiger partial charge in [0.05, 0.1) is 0 Å². The highest BCUT2D eigenvalue weighted by molar-refractivity contribution is 5.94. The summed E-state index contributed by atoms with van der Waals surface area (Å²) in [4.78, 5) is 12.4. The Bertz CT molecular complexity index is 722. The van der Waals surface area contributed by atoms with E-state index in [0.717, 1.165) is 23.5 Å². The molecule has 0 saturated heterocycles. The Kier molecular flexibility index (Phi) is 3.03. The summed E-state index contributed by atoms with van der Waals surface area (Å²) in [7, 11) is 0. The molecule has 1 aromatic heterocycles. The van der Waals surface area contributed by atoms with Crippen LogP contribution < -0.4 is 5.32 Å². The van der Waals surface area contributed by atoms with Gasteiger partial charge < -0.3 is 5.32 Å². The predicted octanol–water partition coefficient (Wildman–Crippen LogP) is 2.57. The molecule has 2 aliphatic rings. The average molecular weight is 299 g/mol. The van der Waals surface area contributed by atoms with Crippen LogP contribution in [0.3, 0.4) is 0 Å². The second-order valence-corrected chi connectivity index (χ2v) is 6.48. The third-order valence-electron chi connectivity index (χ3n) is 4.71. The Morgan fingerprint density at radius 2 is 2.23 bits per heavy atom. The minimum atomic E-state index is -0.244. The number of rotatable bonds is 4. The molecule has 1 fully saturated rings. The third-order valence-corrected chi connectivity index (χ3v) is 4.71. The molecule has 0 spiro atoms. The average Bonchev–Trinajstić information content (AvgIpc) is 2.96. The summed E-state index contributed by atoms with van der Waals surface area (Å²) < 4.78 is 12.9. The zero-order chi connectivity index (χ0) is 15.3. The van der Waals surface area contributed by atoms with Crippen LogP contribution in [0.5, 0.6) is 0 Å². The fraction of sp³-hybridized carbons (Fsp3) is 0.412. The monoisotopic (exact) mass is 299 g/mol. The number of nitrogens with zero attached hydrogens (tertiary/aromatic N) is 1. The molecule has 22 heavy (non-hydrogen) atoms. The van der Waals surface area contributed by atoms with Gasteiger partial charge >= 0.3 is 0 Å². The Balaban J connectivity index is 1.41. The standard InChI is InChI=1S/C17H18FN3O/c1-9(6-10-2-4-12(18)5-3-10)19-17(22)16-14-8-11-7-13(11)15(14)20-21-16/h2-5,9,11,13H,6-8H2,1H3,(H,19,22)(H,20,21). The Morgan fingerprint density at radius 1 is 1.45 bits per heavy atom. The van der Waals surface area contributed by atoms with Gasteiger partial charge in [0.2, 0.25) is 0 Å². The number of nitrogens with one attached hydrogen (secondary N) is 2. The van der Waals surface area contributed by atoms with E-state index in [1.54, 1.807) is 12.1 Å². The van der Waals surface area contributed by atoms with Crippen LogP contribution in [-0.2, 0) is 12.8 Å². The quantitative estimate of drug-likeness (QED) is 0.911. The molecule has 3 unspecified atom stereocenters. The molecule has 4 nitrogen and oxygen atoms in total. The van der Waals surface area contributed by atoms with E-state index in [2.05, 4.69) is 15.5 Å². The van der Waals surface area contributed by atoms with Crippen molar-refractivity contribution in [2.75, 3.05) is 0 Å². The van der Waals surface area contributed by atoms with Gasteiger partial charge in [-0.3, -0.25) is 9.89 Å². The van der Waals surface area contributed by atoms with E-state index in [1.807, 2.05) is 6.92 Å². The van der Waals surface area contributed by atoms with E-state index in [1.165, 1.54) is 24.2 Å². The van der Waals surface area contributed by atoms with Gasteiger partial charge in [0.1, 0.15) is 5.82 Å². The SMILES string of the molecule is CC(Cc1ccc(F)cc1)NC(=O)c1n[nH]c2c1CC1CC21. The van der Waals surface area contributed by atoms with Crippen molar-refractivity contribution in [3.8, 4) is 0 Å². The lowest BCUT2D eigenvalue weighted by Gasteiger charge is -2.13. The van der Waals surface area contributed by atoms with Crippen LogP contribution in [0.15, 0.2) is 24.3 Å². The second-order valence-electron chi connectivity index (χ2n) is 6.48. The molecule has 0 aliphatic heterocycles. The second kappa shape index (κ2) is 4.93.